The maximum Gasteiger partial charge on any atom is 0.330 e. The van der Waals surface area contributed by atoms with Crippen molar-refractivity contribution in [3.63, 3.8) is 0 Å². The molecule has 17 heavy (non-hydrogen) atoms. The van der Waals surface area contributed by atoms with Gasteiger partial charge in [0.2, 0.25) is 0 Å². The molecule has 1 aromatic rings. The molecule has 0 atom stereocenters. The van der Waals surface area contributed by atoms with Crippen LogP contribution >= 0.6 is 0 Å². The first-order chi connectivity index (χ1) is 8.26. The Bertz CT molecular complexity index is 355. The van der Waals surface area contributed by atoms with Crippen molar-refractivity contribution in [3.05, 3.63) is 48.0 Å². The molecule has 92 valence electrons. The Hall–Kier alpha value is -1.65. The quantitative estimate of drug-likeness (QED) is 0.430. The van der Waals surface area contributed by atoms with Crippen LogP contribution in [-0.4, -0.2) is 26.5 Å². The summed E-state index contributed by atoms with van der Waals surface area (Å²) in [6, 6.07) is 9.48. The van der Waals surface area contributed by atoms with Crippen LogP contribution in [0, 0.1) is 0 Å². The molecule has 0 N–H and O–H groups in total. The molecule has 0 unspecified atom stereocenters. The molecule has 0 radical (unpaired) electrons. The van der Waals surface area contributed by atoms with E-state index >= 15 is 0 Å². The van der Waals surface area contributed by atoms with E-state index in [0.717, 1.165) is 5.56 Å². The standard InChI is InChI=1S/C13H16O4/c1-15-13(16-2)9-8-12(14)17-10-11-6-4-3-5-7-11/h3-9,13H,10H2,1-2H3/b9-8+. The van der Waals surface area contributed by atoms with Crippen molar-refractivity contribution in [3.8, 4) is 0 Å². The lowest BCUT2D eigenvalue weighted by molar-refractivity contribution is -0.139. The molecule has 1 rings (SSSR count). The van der Waals surface area contributed by atoms with Gasteiger partial charge < -0.3 is 14.2 Å². The molecular formula is C13H16O4. The summed E-state index contributed by atoms with van der Waals surface area (Å²) in [5.74, 6) is -0.423. The lowest BCUT2D eigenvalue weighted by atomic mass is 10.2. The van der Waals surface area contributed by atoms with Gasteiger partial charge in [0, 0.05) is 20.3 Å². The number of hydrogen-bond donors (Lipinski definition) is 0. The van der Waals surface area contributed by atoms with Crippen LogP contribution in [0.5, 0.6) is 0 Å². The van der Waals surface area contributed by atoms with Gasteiger partial charge in [-0.2, -0.15) is 0 Å². The summed E-state index contributed by atoms with van der Waals surface area (Å²) in [7, 11) is 2.99. The average Bonchev–Trinajstić information content (AvgIpc) is 2.39. The number of benzene rings is 1. The highest BCUT2D eigenvalue weighted by Gasteiger charge is 2.02. The van der Waals surface area contributed by atoms with E-state index in [1.165, 1.54) is 26.4 Å². The first kappa shape index (κ1) is 13.4. The summed E-state index contributed by atoms with van der Waals surface area (Å²) in [5, 5.41) is 0. The van der Waals surface area contributed by atoms with Crippen LogP contribution in [0.15, 0.2) is 42.5 Å². The SMILES string of the molecule is COC(/C=C/C(=O)OCc1ccccc1)OC. The number of methoxy groups -OCH3 is 2. The minimum Gasteiger partial charge on any atom is -0.458 e. The fourth-order valence-electron chi connectivity index (χ4n) is 1.19. The smallest absolute Gasteiger partial charge is 0.330 e. The predicted molar refractivity (Wildman–Crippen MR) is 63.2 cm³/mol. The van der Waals surface area contributed by atoms with E-state index in [-0.39, 0.29) is 6.61 Å². The van der Waals surface area contributed by atoms with Crippen LogP contribution in [0.1, 0.15) is 5.56 Å². The highest BCUT2D eigenvalue weighted by molar-refractivity contribution is 5.81. The van der Waals surface area contributed by atoms with E-state index in [2.05, 4.69) is 0 Å². The van der Waals surface area contributed by atoms with E-state index < -0.39 is 12.3 Å². The van der Waals surface area contributed by atoms with Gasteiger partial charge in [-0.25, -0.2) is 4.79 Å². The van der Waals surface area contributed by atoms with Crippen LogP contribution in [0.25, 0.3) is 0 Å². The summed E-state index contributed by atoms with van der Waals surface area (Å²) in [5.41, 5.74) is 0.948. The van der Waals surface area contributed by atoms with E-state index in [1.54, 1.807) is 0 Å². The largest absolute Gasteiger partial charge is 0.458 e. The molecule has 0 aromatic heterocycles. The highest BCUT2D eigenvalue weighted by atomic mass is 16.7. The van der Waals surface area contributed by atoms with Crippen molar-refractivity contribution in [1.82, 2.24) is 0 Å². The first-order valence-electron chi connectivity index (χ1n) is 5.20. The zero-order valence-electron chi connectivity index (χ0n) is 9.96. The van der Waals surface area contributed by atoms with Crippen molar-refractivity contribution in [2.75, 3.05) is 14.2 Å². The Morgan fingerprint density at radius 3 is 2.47 bits per heavy atom. The maximum absolute atomic E-state index is 11.3. The molecular weight excluding hydrogens is 220 g/mol. The van der Waals surface area contributed by atoms with Crippen molar-refractivity contribution < 1.29 is 19.0 Å². The fraction of sp³-hybridized carbons (Fsp3) is 0.308. The molecule has 0 saturated carbocycles. The topological polar surface area (TPSA) is 44.8 Å². The molecule has 0 aliphatic rings. The van der Waals surface area contributed by atoms with Gasteiger partial charge in [0.1, 0.15) is 6.61 Å². The van der Waals surface area contributed by atoms with Crippen molar-refractivity contribution in [2.24, 2.45) is 0 Å². The van der Waals surface area contributed by atoms with Crippen LogP contribution in [0.3, 0.4) is 0 Å². The second-order valence-corrected chi connectivity index (χ2v) is 3.29. The third-order valence-electron chi connectivity index (χ3n) is 2.08. The number of carbonyl (C=O) groups is 1. The fourth-order valence-corrected chi connectivity index (χ4v) is 1.19. The second-order valence-electron chi connectivity index (χ2n) is 3.29. The Morgan fingerprint density at radius 2 is 1.88 bits per heavy atom. The van der Waals surface area contributed by atoms with E-state index in [4.69, 9.17) is 14.2 Å². The number of carbonyl (C=O) groups excluding carboxylic acids is 1. The van der Waals surface area contributed by atoms with Crippen molar-refractivity contribution in [2.45, 2.75) is 12.9 Å². The van der Waals surface area contributed by atoms with Gasteiger partial charge in [0.05, 0.1) is 0 Å². The van der Waals surface area contributed by atoms with Gasteiger partial charge in [0.25, 0.3) is 0 Å². The lowest BCUT2D eigenvalue weighted by Gasteiger charge is -2.07. The molecule has 0 aliphatic carbocycles. The number of esters is 1. The van der Waals surface area contributed by atoms with Crippen LogP contribution in [-0.2, 0) is 25.6 Å². The first-order valence-corrected chi connectivity index (χ1v) is 5.20. The zero-order chi connectivity index (χ0) is 12.5. The highest BCUT2D eigenvalue weighted by Crippen LogP contribution is 2.01. The maximum atomic E-state index is 11.3. The summed E-state index contributed by atoms with van der Waals surface area (Å²) in [4.78, 5) is 11.3. The average molecular weight is 236 g/mol. The van der Waals surface area contributed by atoms with Gasteiger partial charge in [-0.05, 0) is 11.6 Å². The Kier molecular flexibility index (Phi) is 5.99. The summed E-state index contributed by atoms with van der Waals surface area (Å²) in [6.45, 7) is 0.259. The lowest BCUT2D eigenvalue weighted by Crippen LogP contribution is -2.10. The normalized spacial score (nSPS) is 11.0. The van der Waals surface area contributed by atoms with Crippen LogP contribution in [0.2, 0.25) is 0 Å². The zero-order valence-corrected chi connectivity index (χ0v) is 9.96. The monoisotopic (exact) mass is 236 g/mol. The number of rotatable bonds is 6. The molecule has 0 bridgehead atoms. The van der Waals surface area contributed by atoms with E-state index in [1.807, 2.05) is 30.3 Å². The number of hydrogen-bond acceptors (Lipinski definition) is 4. The minimum atomic E-state index is -0.528. The van der Waals surface area contributed by atoms with Gasteiger partial charge in [-0.1, -0.05) is 30.3 Å². The molecule has 0 amide bonds. The van der Waals surface area contributed by atoms with Crippen LogP contribution < -0.4 is 0 Å². The third-order valence-corrected chi connectivity index (χ3v) is 2.08. The molecule has 0 saturated heterocycles. The Morgan fingerprint density at radius 1 is 1.24 bits per heavy atom. The third kappa shape index (κ3) is 5.29. The molecule has 0 spiro atoms. The molecule has 0 aliphatic heterocycles. The van der Waals surface area contributed by atoms with Crippen molar-refractivity contribution in [1.29, 1.82) is 0 Å². The molecule has 4 nitrogen and oxygen atoms in total. The molecule has 4 heteroatoms. The van der Waals surface area contributed by atoms with E-state index in [9.17, 15) is 4.79 Å². The summed E-state index contributed by atoms with van der Waals surface area (Å²) >= 11 is 0. The second kappa shape index (κ2) is 7.60. The van der Waals surface area contributed by atoms with Crippen LogP contribution in [0.4, 0.5) is 0 Å². The minimum absolute atomic E-state index is 0.259. The molecule has 1 aromatic carbocycles. The summed E-state index contributed by atoms with van der Waals surface area (Å²) < 4.78 is 14.8. The summed E-state index contributed by atoms with van der Waals surface area (Å²) in [6.07, 6.45) is 2.26. The number of ether oxygens (including phenoxy) is 3. The predicted octanol–water partition coefficient (Wildman–Crippen LogP) is 1.90. The van der Waals surface area contributed by atoms with Gasteiger partial charge >= 0.3 is 5.97 Å². The Balaban J connectivity index is 2.35. The molecule has 0 fully saturated rings. The van der Waals surface area contributed by atoms with Gasteiger partial charge in [-0.3, -0.25) is 0 Å². The van der Waals surface area contributed by atoms with Gasteiger partial charge in [-0.15, -0.1) is 0 Å². The van der Waals surface area contributed by atoms with Gasteiger partial charge in [0.15, 0.2) is 6.29 Å². The van der Waals surface area contributed by atoms with Crippen molar-refractivity contribution >= 4 is 5.97 Å². The molecule has 0 heterocycles. The van der Waals surface area contributed by atoms with E-state index in [0.29, 0.717) is 0 Å². The Labute approximate surface area is 101 Å².